The van der Waals surface area contributed by atoms with Gasteiger partial charge in [-0.1, -0.05) is 0 Å². The van der Waals surface area contributed by atoms with Gasteiger partial charge < -0.3 is 97.5 Å². The molecule has 15 heterocycles. The molecule has 23 atom stereocenters. The van der Waals surface area contributed by atoms with E-state index in [-0.39, 0.29) is 81.2 Å². The first-order valence-corrected chi connectivity index (χ1v) is 43.0. The Balaban J connectivity index is 0.633. The van der Waals surface area contributed by atoms with Crippen molar-refractivity contribution in [2.45, 2.75) is 149 Å². The molecule has 9 aromatic heterocycles. The van der Waals surface area contributed by atoms with Crippen LogP contribution < -0.4 is 68.5 Å². The number of nitrogen functional groups attached to an aromatic ring is 6. The van der Waals surface area contributed by atoms with Crippen LogP contribution >= 0.6 is 39.1 Å². The predicted molar refractivity (Wildman–Crippen MR) is 394 cm³/mol. The highest BCUT2D eigenvalue weighted by Crippen LogP contribution is 2.56. The van der Waals surface area contributed by atoms with Gasteiger partial charge in [0.25, 0.3) is 0 Å². The molecule has 6 aliphatic heterocycles. The summed E-state index contributed by atoms with van der Waals surface area (Å²) in [5.74, 6) is -1.16. The van der Waals surface area contributed by atoms with Crippen LogP contribution in [-0.4, -0.2) is 235 Å². The van der Waals surface area contributed by atoms with Crippen LogP contribution in [-0.2, 0) is 96.5 Å². The Kier molecular flexibility index (Phi) is 24.2. The number of phosphoric acid groups is 5. The minimum absolute atomic E-state index is 0.00940. The van der Waals surface area contributed by atoms with Crippen LogP contribution in [0, 0.1) is 0 Å². The van der Waals surface area contributed by atoms with E-state index in [1.165, 1.54) is 39.9 Å². The number of nitrogens with two attached hydrogens (primary N) is 6. The molecule has 0 bridgehead atoms. The largest absolute Gasteiger partial charge is 0.472 e. The lowest BCUT2D eigenvalue weighted by atomic mass is 10.2. The molecule has 63 heteroatoms. The molecule has 22 N–H and O–H groups in total. The first kappa shape index (κ1) is 85.7. The number of nitrogens with one attached hydrogen (secondary N) is 3. The van der Waals surface area contributed by atoms with E-state index in [4.69, 9.17) is 108 Å². The maximum Gasteiger partial charge on any atom is 0.472 e. The zero-order valence-corrected chi connectivity index (χ0v) is 65.6. The summed E-state index contributed by atoms with van der Waals surface area (Å²) >= 11 is 0. The number of imidazole rings is 3. The number of aromatic amines is 3. The third kappa shape index (κ3) is 19.0. The standard InChI is InChI=1S/C57H73N24O34P5/c58-34-1-4-76(55(87)67-34)38-8-23(28(13-82)105-38)111-117(92,93)101-15-30-24(9-39(107-30)77-5-2-35(59)68-56(77)88)112-118(94,95)102-16-31-25(10-40(108-31)78-6-3-36(60)69-57(78)89)113-119(96,97)103-18-33-27(12-42(110-33)81-21-66-45-48(63)72-54(86)75-51(45)81)115-120(98,99)104-17-32-26(11-41(109-32)80-20-65-44-47(62)71-53(85)74-50(44)80)114-116(90,91)100-14-29-22(83)7-37(106-29)79-19-64-43-46(61)70-52(84)73-49(43)79/h1-6,19-33,37-42,82-83H,7-18H2,(H,90,91)(H,92,93)(H,94,95)(H,96,97)(H,98,99)(H2,58,67,87)(H2,59,68,88)(H2,60,69,89)(H3,61,70,73,84)(H3,62,71,74,85)(H3,63,72,75,86)/t22-,23-,24-,25-,26-,27-,28+,29+,30+,31+,32+,33+,37+,38+,39+,40+,41+,42+/m0/s1. The number of phosphoric ester groups is 5. The van der Waals surface area contributed by atoms with Crippen LogP contribution in [0.15, 0.2) is 84.5 Å². The number of ether oxygens (including phenoxy) is 6. The van der Waals surface area contributed by atoms with Gasteiger partial charge in [0.05, 0.1) is 64.7 Å². The molecule has 0 saturated carbocycles. The van der Waals surface area contributed by atoms with Gasteiger partial charge in [-0.25, -0.2) is 66.5 Å². The number of hydrogen-bond donors (Lipinski definition) is 16. The molecule has 120 heavy (non-hydrogen) atoms. The van der Waals surface area contributed by atoms with Crippen molar-refractivity contribution in [3.63, 3.8) is 0 Å². The van der Waals surface area contributed by atoms with Gasteiger partial charge in [-0.2, -0.15) is 29.9 Å². The van der Waals surface area contributed by atoms with Crippen LogP contribution in [0.1, 0.15) is 75.9 Å². The molecule has 58 nitrogen and oxygen atoms in total. The summed E-state index contributed by atoms with van der Waals surface area (Å²) in [4.78, 5) is 175. The second kappa shape index (κ2) is 33.9. The number of aliphatic hydroxyl groups is 2. The summed E-state index contributed by atoms with van der Waals surface area (Å²) in [7, 11) is -27.5. The molecule has 5 unspecified atom stereocenters. The molecule has 9 aromatic rings. The topological polar surface area (TPSA) is 826 Å². The smallest absolute Gasteiger partial charge is 0.394 e. The van der Waals surface area contributed by atoms with Crippen LogP contribution in [0.3, 0.4) is 0 Å². The number of hydrogen-bond acceptors (Lipinski definition) is 44. The van der Waals surface area contributed by atoms with E-state index >= 15 is 0 Å². The predicted octanol–water partition coefficient (Wildman–Crippen LogP) is -3.76. The summed E-state index contributed by atoms with van der Waals surface area (Å²) in [6.07, 6.45) is -23.0. The summed E-state index contributed by atoms with van der Waals surface area (Å²) in [6.45, 7) is -5.97. The Morgan fingerprint density at radius 2 is 0.608 bits per heavy atom. The third-order valence-corrected chi connectivity index (χ3v) is 24.5. The Morgan fingerprint density at radius 3 is 0.883 bits per heavy atom. The van der Waals surface area contributed by atoms with E-state index in [0.29, 0.717) is 0 Å². The summed E-state index contributed by atoms with van der Waals surface area (Å²) < 4.78 is 168. The van der Waals surface area contributed by atoms with Gasteiger partial charge in [0.15, 0.2) is 16.9 Å². The summed E-state index contributed by atoms with van der Waals surface area (Å²) in [5, 5.41) is 21.1. The number of anilines is 6. The third-order valence-electron chi connectivity index (χ3n) is 19.5. The van der Waals surface area contributed by atoms with E-state index in [9.17, 15) is 86.3 Å². The van der Waals surface area contributed by atoms with E-state index < -0.39 is 249 Å². The number of fused-ring (bicyclic) bond motifs is 3. The average molecular weight is 1790 g/mol. The number of H-pyrrole nitrogens is 3. The molecular formula is C57H73N24O34P5. The van der Waals surface area contributed by atoms with Crippen molar-refractivity contribution in [3.05, 3.63) is 119 Å². The lowest BCUT2D eigenvalue weighted by Crippen LogP contribution is -2.32. The summed E-state index contributed by atoms with van der Waals surface area (Å²) in [6, 6.07) is 3.65. The van der Waals surface area contributed by atoms with Crippen molar-refractivity contribution >= 4 is 108 Å². The van der Waals surface area contributed by atoms with Crippen LogP contribution in [0.5, 0.6) is 0 Å². The quantitative estimate of drug-likeness (QED) is 0.0180. The van der Waals surface area contributed by atoms with Gasteiger partial charge in [0.1, 0.15) is 156 Å². The fraction of sp³-hybridized carbons (Fsp3) is 0.526. The number of rotatable bonds is 32. The van der Waals surface area contributed by atoms with Crippen molar-refractivity contribution < 1.29 is 131 Å². The molecule has 15 rings (SSSR count). The number of nitrogens with zero attached hydrogens (tertiary/aromatic N) is 15. The van der Waals surface area contributed by atoms with E-state index in [1.807, 2.05) is 0 Å². The van der Waals surface area contributed by atoms with Gasteiger partial charge in [0.2, 0.25) is 0 Å². The zero-order chi connectivity index (χ0) is 85.4. The Bertz CT molecular complexity index is 6010. The minimum Gasteiger partial charge on any atom is -0.394 e. The van der Waals surface area contributed by atoms with Crippen LogP contribution in [0.4, 0.5) is 34.9 Å². The van der Waals surface area contributed by atoms with Crippen molar-refractivity contribution in [3.8, 4) is 0 Å². The van der Waals surface area contributed by atoms with Crippen molar-refractivity contribution in [2.75, 3.05) is 74.0 Å². The van der Waals surface area contributed by atoms with Gasteiger partial charge in [0, 0.05) is 57.1 Å². The lowest BCUT2D eigenvalue weighted by Gasteiger charge is -2.26. The fourth-order valence-corrected chi connectivity index (χ4v) is 18.8. The van der Waals surface area contributed by atoms with Gasteiger partial charge in [-0.3, -0.25) is 87.6 Å². The minimum atomic E-state index is -5.65. The molecular weight excluding hydrogens is 1720 g/mol. The van der Waals surface area contributed by atoms with E-state index in [1.54, 1.807) is 0 Å². The maximum absolute atomic E-state index is 14.4. The SMILES string of the molecule is Nc1ccn([C@H]2C[C@H](OP(=O)(O)OC[C@H]3O[C@@H](n4ccc(N)nc4=O)C[C@@H]3OP(=O)(O)OC[C@H]3O[C@@H](n4ccc(N)nc4=O)C[C@@H]3OP(=O)(O)OC[C@H]3O[C@@H](n4cnc5c(N)[nH]c(=O)nc54)C[C@@H]3OP(=O)(O)OC[C@H]3O[C@@H](n4cnc5c(N)[nH]c(=O)nc54)C[C@@H]3OP(=O)(O)OC[C@H]3O[C@@H](n4cnc5c(N)[nH]c(=O)nc54)C[C@@H]3O)[C@@H](CO)O2)c(=O)n1. The van der Waals surface area contributed by atoms with E-state index in [0.717, 1.165) is 43.3 Å². The van der Waals surface area contributed by atoms with Crippen molar-refractivity contribution in [2.24, 2.45) is 0 Å². The number of aromatic nitrogens is 18. The molecule has 650 valence electrons. The van der Waals surface area contributed by atoms with Gasteiger partial charge in [-0.05, 0) is 18.2 Å². The van der Waals surface area contributed by atoms with Crippen LogP contribution in [0.25, 0.3) is 33.5 Å². The molecule has 0 aromatic carbocycles. The second-order valence-corrected chi connectivity index (χ2v) is 34.5. The molecule has 0 radical (unpaired) electrons. The Morgan fingerprint density at radius 1 is 0.367 bits per heavy atom. The highest BCUT2D eigenvalue weighted by Gasteiger charge is 2.52. The molecule has 6 fully saturated rings. The normalized spacial score (nSPS) is 29.7. The molecule has 0 spiro atoms. The first-order valence-electron chi connectivity index (χ1n) is 35.5. The van der Waals surface area contributed by atoms with Gasteiger partial charge >= 0.3 is 73.3 Å². The van der Waals surface area contributed by atoms with Crippen LogP contribution in [0.2, 0.25) is 0 Å². The fourth-order valence-electron chi connectivity index (χ4n) is 14.0. The monoisotopic (exact) mass is 1790 g/mol. The Hall–Kier alpha value is -9.28. The van der Waals surface area contributed by atoms with E-state index in [2.05, 4.69) is 59.8 Å². The summed E-state index contributed by atoms with van der Waals surface area (Å²) in [5.41, 5.74) is 29.0. The molecule has 0 aliphatic carbocycles. The highest BCUT2D eigenvalue weighted by molar-refractivity contribution is 7.48. The highest BCUT2D eigenvalue weighted by atomic mass is 31.2. The van der Waals surface area contributed by atoms with Gasteiger partial charge in [-0.15, -0.1) is 0 Å². The zero-order valence-electron chi connectivity index (χ0n) is 61.1. The first-order chi connectivity index (χ1) is 56.8. The number of aliphatic hydroxyl groups excluding tert-OH is 2. The lowest BCUT2D eigenvalue weighted by molar-refractivity contribution is -0.0649. The second-order valence-electron chi connectivity index (χ2n) is 27.4. The van der Waals surface area contributed by atoms with Crippen molar-refractivity contribution in [1.82, 2.24) is 87.2 Å². The van der Waals surface area contributed by atoms with Crippen molar-refractivity contribution in [1.29, 1.82) is 0 Å². The molecule has 6 saturated heterocycles. The molecule has 0 amide bonds. The average Bonchev–Trinajstić information content (AvgIpc) is 1.63. The Labute approximate surface area is 665 Å². The maximum atomic E-state index is 14.4. The molecule has 6 aliphatic rings.